The summed E-state index contributed by atoms with van der Waals surface area (Å²) in [5, 5.41) is 9.52. The van der Waals surface area contributed by atoms with Gasteiger partial charge in [-0.3, -0.25) is 0 Å². The lowest BCUT2D eigenvalue weighted by Crippen LogP contribution is -2.48. The highest BCUT2D eigenvalue weighted by Gasteiger charge is 2.50. The van der Waals surface area contributed by atoms with Crippen molar-refractivity contribution in [3.8, 4) is 0 Å². The maximum atomic E-state index is 9.52. The van der Waals surface area contributed by atoms with Gasteiger partial charge in [-0.1, -0.05) is 0 Å². The molecule has 0 saturated carbocycles. The first-order valence-corrected chi connectivity index (χ1v) is 7.17. The van der Waals surface area contributed by atoms with Crippen LogP contribution in [0.3, 0.4) is 0 Å². The second kappa shape index (κ2) is 6.45. The van der Waals surface area contributed by atoms with Crippen molar-refractivity contribution in [2.24, 2.45) is 0 Å². The summed E-state index contributed by atoms with van der Waals surface area (Å²) >= 11 is 0. The van der Waals surface area contributed by atoms with Crippen LogP contribution in [0.1, 0.15) is 27.7 Å². The number of ether oxygens (including phenoxy) is 6. The highest BCUT2D eigenvalue weighted by Crippen LogP contribution is 2.35. The molecule has 2 fully saturated rings. The van der Waals surface area contributed by atoms with E-state index in [1.165, 1.54) is 0 Å². The van der Waals surface area contributed by atoms with Gasteiger partial charge in [-0.2, -0.15) is 0 Å². The Morgan fingerprint density at radius 1 is 1.14 bits per heavy atom. The first kappa shape index (κ1) is 17.1. The Hall–Kier alpha value is -0.280. The van der Waals surface area contributed by atoms with Crippen molar-refractivity contribution in [2.45, 2.75) is 63.7 Å². The summed E-state index contributed by atoms with van der Waals surface area (Å²) in [6, 6.07) is 0. The fraction of sp³-hybridized carbons (Fsp3) is 1.00. The molecule has 2 aliphatic rings. The number of methoxy groups -OCH3 is 1. The molecule has 2 saturated heterocycles. The van der Waals surface area contributed by atoms with Crippen molar-refractivity contribution in [3.05, 3.63) is 0 Å². The fourth-order valence-corrected chi connectivity index (χ4v) is 2.72. The fourth-order valence-electron chi connectivity index (χ4n) is 2.72. The van der Waals surface area contributed by atoms with E-state index in [1.807, 2.05) is 13.8 Å². The molecular formula is C14H26O7. The smallest absolute Gasteiger partial charge is 0.164 e. The van der Waals surface area contributed by atoms with E-state index < -0.39 is 29.9 Å². The van der Waals surface area contributed by atoms with Gasteiger partial charge in [-0.25, -0.2) is 0 Å². The van der Waals surface area contributed by atoms with E-state index in [2.05, 4.69) is 0 Å². The first-order chi connectivity index (χ1) is 9.78. The molecule has 0 spiro atoms. The van der Waals surface area contributed by atoms with Gasteiger partial charge in [0.1, 0.15) is 31.2 Å². The Labute approximate surface area is 125 Å². The summed E-state index contributed by atoms with van der Waals surface area (Å²) in [6.07, 6.45) is -1.70. The predicted molar refractivity (Wildman–Crippen MR) is 72.6 cm³/mol. The molecule has 0 bridgehead atoms. The number of hydrogen-bond donors (Lipinski definition) is 1. The second-order valence-corrected chi connectivity index (χ2v) is 6.23. The lowest BCUT2D eigenvalue weighted by Gasteiger charge is -2.30. The summed E-state index contributed by atoms with van der Waals surface area (Å²) in [7, 11) is 1.55. The minimum absolute atomic E-state index is 0.101. The van der Waals surface area contributed by atoms with Crippen LogP contribution >= 0.6 is 0 Å². The van der Waals surface area contributed by atoms with Crippen molar-refractivity contribution in [1.82, 2.24) is 0 Å². The topological polar surface area (TPSA) is 75.6 Å². The minimum atomic E-state index is -0.776. The molecule has 0 radical (unpaired) electrons. The van der Waals surface area contributed by atoms with E-state index >= 15 is 0 Å². The van der Waals surface area contributed by atoms with Gasteiger partial charge < -0.3 is 33.5 Å². The van der Waals surface area contributed by atoms with Crippen molar-refractivity contribution in [1.29, 1.82) is 0 Å². The highest BCUT2D eigenvalue weighted by atomic mass is 16.8. The first-order valence-electron chi connectivity index (χ1n) is 7.17. The van der Waals surface area contributed by atoms with Gasteiger partial charge in [0.2, 0.25) is 0 Å². The molecule has 21 heavy (non-hydrogen) atoms. The molecule has 7 nitrogen and oxygen atoms in total. The third-order valence-electron chi connectivity index (χ3n) is 3.50. The zero-order valence-corrected chi connectivity index (χ0v) is 13.3. The van der Waals surface area contributed by atoms with Crippen LogP contribution in [-0.2, 0) is 28.4 Å². The van der Waals surface area contributed by atoms with Crippen molar-refractivity contribution in [2.75, 3.05) is 27.1 Å². The van der Waals surface area contributed by atoms with Crippen molar-refractivity contribution >= 4 is 0 Å². The van der Waals surface area contributed by atoms with E-state index in [4.69, 9.17) is 28.4 Å². The van der Waals surface area contributed by atoms with Crippen LogP contribution in [0.4, 0.5) is 0 Å². The number of aliphatic hydroxyl groups excluding tert-OH is 1. The molecule has 0 amide bonds. The maximum Gasteiger partial charge on any atom is 0.164 e. The molecule has 2 heterocycles. The average Bonchev–Trinajstić information content (AvgIpc) is 2.90. The zero-order chi connectivity index (χ0) is 15.7. The zero-order valence-electron chi connectivity index (χ0n) is 13.3. The van der Waals surface area contributed by atoms with E-state index in [0.29, 0.717) is 6.61 Å². The van der Waals surface area contributed by atoms with Crippen LogP contribution in [0.25, 0.3) is 0 Å². The molecule has 2 aliphatic heterocycles. The molecule has 0 aromatic rings. The van der Waals surface area contributed by atoms with Gasteiger partial charge in [-0.05, 0) is 27.7 Å². The third kappa shape index (κ3) is 4.13. The van der Waals surface area contributed by atoms with Crippen LogP contribution in [0, 0.1) is 0 Å². The van der Waals surface area contributed by atoms with Crippen LogP contribution in [0.5, 0.6) is 0 Å². The Kier molecular flexibility index (Phi) is 5.25. The van der Waals surface area contributed by atoms with Crippen LogP contribution in [-0.4, -0.2) is 68.2 Å². The molecule has 1 N–H and O–H groups in total. The summed E-state index contributed by atoms with van der Waals surface area (Å²) < 4.78 is 33.8. The Balaban J connectivity index is 2.12. The van der Waals surface area contributed by atoms with Gasteiger partial charge in [0.15, 0.2) is 11.6 Å². The molecule has 2 rings (SSSR count). The average molecular weight is 306 g/mol. The third-order valence-corrected chi connectivity index (χ3v) is 3.50. The molecule has 0 aromatic heterocycles. The lowest BCUT2D eigenvalue weighted by atomic mass is 10.0. The summed E-state index contributed by atoms with van der Waals surface area (Å²) in [6.45, 7) is 7.64. The second-order valence-electron chi connectivity index (χ2n) is 6.23. The van der Waals surface area contributed by atoms with Gasteiger partial charge in [0.25, 0.3) is 0 Å². The molecule has 0 aromatic carbocycles. The molecule has 124 valence electrons. The van der Waals surface area contributed by atoms with Crippen LogP contribution in [0.2, 0.25) is 0 Å². The summed E-state index contributed by atoms with van der Waals surface area (Å²) in [5.41, 5.74) is 0. The van der Waals surface area contributed by atoms with Crippen molar-refractivity contribution < 1.29 is 33.5 Å². The summed E-state index contributed by atoms with van der Waals surface area (Å²) in [4.78, 5) is 0. The number of hydrogen-bond acceptors (Lipinski definition) is 7. The normalized spacial score (nSPS) is 36.0. The van der Waals surface area contributed by atoms with E-state index in [0.717, 1.165) is 0 Å². The molecule has 4 atom stereocenters. The lowest BCUT2D eigenvalue weighted by molar-refractivity contribution is -0.204. The quantitative estimate of drug-likeness (QED) is 0.722. The minimum Gasteiger partial charge on any atom is -0.394 e. The molecule has 7 heteroatoms. The van der Waals surface area contributed by atoms with Crippen LogP contribution < -0.4 is 0 Å². The predicted octanol–water partition coefficient (Wildman–Crippen LogP) is 0.639. The standard InChI is InChI=1S/C14H26O7/c1-13(2)18-7-10(20-13)11(17-8-16-5)12-9(6-15)19-14(3,4)21-12/h9-12,15H,6-8H2,1-5H3/t9-,10+,11-,12+/m0/s1. The van der Waals surface area contributed by atoms with E-state index in [1.54, 1.807) is 21.0 Å². The Morgan fingerprint density at radius 2 is 1.86 bits per heavy atom. The number of rotatable bonds is 6. The largest absolute Gasteiger partial charge is 0.394 e. The van der Waals surface area contributed by atoms with Crippen molar-refractivity contribution in [3.63, 3.8) is 0 Å². The van der Waals surface area contributed by atoms with Gasteiger partial charge in [0.05, 0.1) is 13.2 Å². The molecule has 0 aliphatic carbocycles. The van der Waals surface area contributed by atoms with Gasteiger partial charge >= 0.3 is 0 Å². The maximum absolute atomic E-state index is 9.52. The highest BCUT2D eigenvalue weighted by molar-refractivity contribution is 4.93. The van der Waals surface area contributed by atoms with Gasteiger partial charge in [-0.15, -0.1) is 0 Å². The van der Waals surface area contributed by atoms with E-state index in [9.17, 15) is 5.11 Å². The summed E-state index contributed by atoms with van der Waals surface area (Å²) in [5.74, 6) is -1.44. The van der Waals surface area contributed by atoms with Gasteiger partial charge in [0, 0.05) is 7.11 Å². The van der Waals surface area contributed by atoms with E-state index in [-0.39, 0.29) is 19.5 Å². The number of aliphatic hydroxyl groups is 1. The molecule has 0 unspecified atom stereocenters. The monoisotopic (exact) mass is 306 g/mol. The molecular weight excluding hydrogens is 280 g/mol. The van der Waals surface area contributed by atoms with Crippen LogP contribution in [0.15, 0.2) is 0 Å². The Bertz CT molecular complexity index is 344. The SMILES string of the molecule is COCO[C@H]([C@@H]1OC(C)(C)O[C@H]1CO)[C@H]1COC(C)(C)O1. The Morgan fingerprint density at radius 3 is 2.38 bits per heavy atom.